The molecule has 2 aliphatic heterocycles. The van der Waals surface area contributed by atoms with Crippen molar-refractivity contribution in [1.82, 2.24) is 0 Å². The van der Waals surface area contributed by atoms with Crippen LogP contribution in [0.15, 0.2) is 205 Å². The second-order valence-electron chi connectivity index (χ2n) is 20.2. The van der Waals surface area contributed by atoms with Crippen LogP contribution in [-0.4, -0.2) is 6.71 Å². The smallest absolute Gasteiger partial charge is 0.252 e. The molecule has 0 unspecified atom stereocenters. The summed E-state index contributed by atoms with van der Waals surface area (Å²) in [4.78, 5) is 5.06. The third-order valence-corrected chi connectivity index (χ3v) is 14.0. The van der Waals surface area contributed by atoms with E-state index < -0.39 is 0 Å². The van der Waals surface area contributed by atoms with E-state index >= 15 is 0 Å². The molecule has 10 aromatic rings. The van der Waals surface area contributed by atoms with E-state index in [1.165, 1.54) is 72.5 Å². The molecule has 0 N–H and O–H groups in total. The van der Waals surface area contributed by atoms with Gasteiger partial charge in [0.25, 0.3) is 6.71 Å². The first-order valence-electron chi connectivity index (χ1n) is 23.3. The Morgan fingerprint density at radius 3 is 1.33 bits per heavy atom. The zero-order valence-electron chi connectivity index (χ0n) is 38.4. The average molecular weight is 851 g/mol. The molecule has 0 radical (unpaired) electrons. The fourth-order valence-corrected chi connectivity index (χ4v) is 10.5. The van der Waals surface area contributed by atoms with Gasteiger partial charge in [0.1, 0.15) is 11.2 Å². The highest BCUT2D eigenvalue weighted by molar-refractivity contribution is 7.00. The van der Waals surface area contributed by atoms with Gasteiger partial charge in [-0.05, 0) is 121 Å². The Kier molecular flexibility index (Phi) is 9.09. The predicted molar refractivity (Wildman–Crippen MR) is 281 cm³/mol. The van der Waals surface area contributed by atoms with Gasteiger partial charge < -0.3 is 14.2 Å². The summed E-state index contributed by atoms with van der Waals surface area (Å²) >= 11 is 0. The highest BCUT2D eigenvalue weighted by Gasteiger charge is 2.44. The van der Waals surface area contributed by atoms with Crippen LogP contribution in [0.3, 0.4) is 0 Å². The lowest BCUT2D eigenvalue weighted by Gasteiger charge is -2.45. The van der Waals surface area contributed by atoms with Crippen LogP contribution in [0.1, 0.15) is 52.7 Å². The lowest BCUT2D eigenvalue weighted by Crippen LogP contribution is -2.61. The fraction of sp³-hybridized carbons (Fsp3) is 0.129. The largest absolute Gasteiger partial charge is 0.455 e. The standard InChI is InChI=1S/C62H51BN2O/c1-61(2,3)45-28-34-54-52(38-45)63-53-39-46(62(4,5)6)29-35-55(53)65(48-32-26-43(27-33-48)41-18-11-8-12-19-41)57-37-44(49-21-15-22-51-50-20-13-14-23-58(50)66-60(49)51)36-56(59(57)63)64(54)47-30-24-42(25-31-47)40-16-9-7-10-17-40/h7-39H,1-6H3. The minimum Gasteiger partial charge on any atom is -0.455 e. The van der Waals surface area contributed by atoms with Crippen molar-refractivity contribution in [3.05, 3.63) is 211 Å². The molecule has 3 heterocycles. The SMILES string of the molecule is CC(C)(C)c1ccc2c(c1)B1c3cc(C(C)(C)C)ccc3N(c3ccc(-c4ccccc4)cc3)c3cc(-c4cccc5c4oc4ccccc45)cc(c31)N2c1ccc(-c2ccccc2)cc1. The van der Waals surface area contributed by atoms with E-state index in [9.17, 15) is 0 Å². The van der Waals surface area contributed by atoms with Crippen LogP contribution in [0.5, 0.6) is 0 Å². The van der Waals surface area contributed by atoms with Crippen molar-refractivity contribution in [2.24, 2.45) is 0 Å². The van der Waals surface area contributed by atoms with Crippen molar-refractivity contribution in [2.45, 2.75) is 52.4 Å². The van der Waals surface area contributed by atoms with Crippen LogP contribution in [-0.2, 0) is 10.8 Å². The number of furan rings is 1. The van der Waals surface area contributed by atoms with Crippen molar-refractivity contribution >= 4 is 79.2 Å². The van der Waals surface area contributed by atoms with Crippen molar-refractivity contribution in [3.63, 3.8) is 0 Å². The lowest BCUT2D eigenvalue weighted by atomic mass is 9.33. The van der Waals surface area contributed by atoms with Crippen LogP contribution in [0.4, 0.5) is 34.1 Å². The quantitative estimate of drug-likeness (QED) is 0.161. The van der Waals surface area contributed by atoms with E-state index in [0.717, 1.165) is 44.4 Å². The number of hydrogen-bond acceptors (Lipinski definition) is 3. The normalized spacial score (nSPS) is 13.2. The highest BCUT2D eigenvalue weighted by Crippen LogP contribution is 2.48. The molecule has 0 saturated carbocycles. The maximum atomic E-state index is 6.80. The van der Waals surface area contributed by atoms with E-state index in [1.54, 1.807) is 0 Å². The molecule has 0 spiro atoms. The summed E-state index contributed by atoms with van der Waals surface area (Å²) in [6.07, 6.45) is 0. The van der Waals surface area contributed by atoms with Gasteiger partial charge in [-0.1, -0.05) is 187 Å². The second-order valence-corrected chi connectivity index (χ2v) is 20.2. The first kappa shape index (κ1) is 40.0. The number of benzene rings is 9. The van der Waals surface area contributed by atoms with Gasteiger partial charge in [-0.25, -0.2) is 0 Å². The summed E-state index contributed by atoms with van der Waals surface area (Å²) in [5.74, 6) is 0. The van der Waals surface area contributed by atoms with Gasteiger partial charge in [0.05, 0.1) is 0 Å². The van der Waals surface area contributed by atoms with E-state index in [0.29, 0.717) is 0 Å². The van der Waals surface area contributed by atoms with Gasteiger partial charge in [0, 0.05) is 50.5 Å². The van der Waals surface area contributed by atoms with Crippen molar-refractivity contribution in [3.8, 4) is 33.4 Å². The Morgan fingerprint density at radius 2 is 0.833 bits per heavy atom. The molecular formula is C62H51BN2O. The first-order valence-corrected chi connectivity index (χ1v) is 23.3. The third-order valence-electron chi connectivity index (χ3n) is 14.0. The van der Waals surface area contributed by atoms with Gasteiger partial charge in [-0.3, -0.25) is 0 Å². The van der Waals surface area contributed by atoms with E-state index in [1.807, 2.05) is 0 Å². The third kappa shape index (κ3) is 6.50. The Morgan fingerprint density at radius 1 is 0.379 bits per heavy atom. The Labute approximate surface area is 388 Å². The second kappa shape index (κ2) is 15.0. The monoisotopic (exact) mass is 850 g/mol. The summed E-state index contributed by atoms with van der Waals surface area (Å²) in [5, 5.41) is 2.25. The van der Waals surface area contributed by atoms with Crippen LogP contribution >= 0.6 is 0 Å². The highest BCUT2D eigenvalue weighted by atomic mass is 16.3. The molecule has 0 atom stereocenters. The Bertz CT molecular complexity index is 3310. The van der Waals surface area contributed by atoms with Gasteiger partial charge in [0.2, 0.25) is 0 Å². The summed E-state index contributed by atoms with van der Waals surface area (Å²) in [6.45, 7) is 13.9. The summed E-state index contributed by atoms with van der Waals surface area (Å²) in [5.41, 5.74) is 22.2. The number of anilines is 6. The molecular weight excluding hydrogens is 800 g/mol. The van der Waals surface area contributed by atoms with Gasteiger partial charge in [-0.15, -0.1) is 0 Å². The maximum absolute atomic E-state index is 6.80. The minimum atomic E-state index is -0.0489. The molecule has 0 fully saturated rings. The number of para-hydroxylation sites is 2. The number of nitrogens with zero attached hydrogens (tertiary/aromatic N) is 2. The zero-order valence-corrected chi connectivity index (χ0v) is 38.4. The molecule has 2 aliphatic rings. The van der Waals surface area contributed by atoms with Gasteiger partial charge >= 0.3 is 0 Å². The van der Waals surface area contributed by atoms with Gasteiger partial charge in [0.15, 0.2) is 0 Å². The first-order chi connectivity index (χ1) is 32.0. The molecule has 0 aliphatic carbocycles. The topological polar surface area (TPSA) is 19.6 Å². The molecule has 0 saturated heterocycles. The Balaban J connectivity index is 1.18. The Hall–Kier alpha value is -7.56. The summed E-state index contributed by atoms with van der Waals surface area (Å²) < 4.78 is 6.80. The molecule has 318 valence electrons. The van der Waals surface area contributed by atoms with Crippen molar-refractivity contribution < 1.29 is 4.42 Å². The number of fused-ring (bicyclic) bond motifs is 7. The van der Waals surface area contributed by atoms with Crippen LogP contribution in [0.25, 0.3) is 55.3 Å². The molecule has 0 amide bonds. The molecule has 66 heavy (non-hydrogen) atoms. The minimum absolute atomic E-state index is 0.0275. The predicted octanol–water partition coefficient (Wildman–Crippen LogP) is 15.3. The lowest BCUT2D eigenvalue weighted by molar-refractivity contribution is 0.590. The van der Waals surface area contributed by atoms with E-state index in [2.05, 4.69) is 252 Å². The molecule has 4 heteroatoms. The molecule has 1 aromatic heterocycles. The fourth-order valence-electron chi connectivity index (χ4n) is 10.5. The van der Waals surface area contributed by atoms with Crippen LogP contribution in [0, 0.1) is 0 Å². The molecule has 0 bridgehead atoms. The molecule has 9 aromatic carbocycles. The summed E-state index contributed by atoms with van der Waals surface area (Å²) in [7, 11) is 0. The van der Waals surface area contributed by atoms with E-state index in [4.69, 9.17) is 4.42 Å². The average Bonchev–Trinajstić information content (AvgIpc) is 3.73. The number of rotatable bonds is 5. The number of hydrogen-bond donors (Lipinski definition) is 0. The zero-order chi connectivity index (χ0) is 44.9. The maximum Gasteiger partial charge on any atom is 0.252 e. The van der Waals surface area contributed by atoms with Crippen molar-refractivity contribution in [1.29, 1.82) is 0 Å². The van der Waals surface area contributed by atoms with Gasteiger partial charge in [-0.2, -0.15) is 0 Å². The molecule has 3 nitrogen and oxygen atoms in total. The van der Waals surface area contributed by atoms with Crippen molar-refractivity contribution in [2.75, 3.05) is 9.80 Å². The summed E-state index contributed by atoms with van der Waals surface area (Å²) in [6, 6.07) is 74.0. The molecule has 12 rings (SSSR count). The van der Waals surface area contributed by atoms with E-state index in [-0.39, 0.29) is 17.5 Å². The van der Waals surface area contributed by atoms with Crippen LogP contribution < -0.4 is 26.2 Å². The van der Waals surface area contributed by atoms with Crippen LogP contribution in [0.2, 0.25) is 0 Å².